The second-order valence-electron chi connectivity index (χ2n) is 7.02. The Morgan fingerprint density at radius 2 is 1.97 bits per heavy atom. The summed E-state index contributed by atoms with van der Waals surface area (Å²) in [7, 11) is 0. The summed E-state index contributed by atoms with van der Waals surface area (Å²) in [5, 5.41) is 21.1. The third-order valence-corrected chi connectivity index (χ3v) is 4.51. The molecule has 1 aromatic carbocycles. The fourth-order valence-corrected chi connectivity index (χ4v) is 2.82. The molecule has 10 heteroatoms. The minimum Gasteiger partial charge on any atom is -0.476 e. The molecule has 0 aliphatic rings. The third-order valence-electron chi connectivity index (χ3n) is 4.51. The fourth-order valence-electron chi connectivity index (χ4n) is 2.82. The van der Waals surface area contributed by atoms with Crippen LogP contribution in [0.5, 0.6) is 0 Å². The van der Waals surface area contributed by atoms with Crippen LogP contribution in [0.3, 0.4) is 0 Å². The molecule has 1 atom stereocenters. The number of aromatic carboxylic acids is 1. The van der Waals surface area contributed by atoms with Crippen molar-refractivity contribution < 1.29 is 9.90 Å². The van der Waals surface area contributed by atoms with Crippen LogP contribution in [0.1, 0.15) is 40.8 Å². The lowest BCUT2D eigenvalue weighted by molar-refractivity contribution is 0.0691. The van der Waals surface area contributed by atoms with Crippen molar-refractivity contribution in [3.05, 3.63) is 59.3 Å². The molecule has 2 aromatic heterocycles. The number of aromatic nitrogens is 4. The second-order valence-corrected chi connectivity index (χ2v) is 7.02. The Morgan fingerprint density at radius 1 is 1.23 bits per heavy atom. The van der Waals surface area contributed by atoms with Gasteiger partial charge in [-0.1, -0.05) is 24.3 Å². The van der Waals surface area contributed by atoms with E-state index in [4.69, 9.17) is 16.7 Å². The van der Waals surface area contributed by atoms with Gasteiger partial charge in [-0.05, 0) is 25.3 Å². The van der Waals surface area contributed by atoms with Gasteiger partial charge in [-0.2, -0.15) is 5.26 Å². The minimum atomic E-state index is -1.26. The summed E-state index contributed by atoms with van der Waals surface area (Å²) in [6.45, 7) is 2.26. The molecule has 6 N–H and O–H groups in total. The van der Waals surface area contributed by atoms with Crippen molar-refractivity contribution in [1.29, 1.82) is 5.26 Å². The third kappa shape index (κ3) is 5.49. The van der Waals surface area contributed by atoms with Gasteiger partial charge in [0.2, 0.25) is 0 Å². The van der Waals surface area contributed by atoms with Crippen LogP contribution in [0.4, 0.5) is 11.6 Å². The lowest BCUT2D eigenvalue weighted by Gasteiger charge is -2.10. The van der Waals surface area contributed by atoms with Gasteiger partial charge in [0.1, 0.15) is 11.9 Å². The van der Waals surface area contributed by atoms with E-state index in [1.54, 1.807) is 12.3 Å². The normalized spacial score (nSPS) is 11.5. The average Bonchev–Trinajstić information content (AvgIpc) is 2.77. The molecule has 0 aliphatic heterocycles. The lowest BCUT2D eigenvalue weighted by atomic mass is 10.1. The first kappa shape index (κ1) is 21.6. The smallest absolute Gasteiger partial charge is 0.358 e. The summed E-state index contributed by atoms with van der Waals surface area (Å²) in [6.07, 6.45) is 4.28. The van der Waals surface area contributed by atoms with Crippen molar-refractivity contribution in [2.45, 2.75) is 32.4 Å². The van der Waals surface area contributed by atoms with Gasteiger partial charge in [-0.3, -0.25) is 0 Å². The van der Waals surface area contributed by atoms with E-state index < -0.39 is 5.97 Å². The van der Waals surface area contributed by atoms with Gasteiger partial charge in [-0.15, -0.1) is 0 Å². The maximum atomic E-state index is 11.4. The van der Waals surface area contributed by atoms with Crippen molar-refractivity contribution in [2.24, 2.45) is 5.73 Å². The molecule has 0 saturated heterocycles. The first-order valence-corrected chi connectivity index (χ1v) is 9.58. The summed E-state index contributed by atoms with van der Waals surface area (Å²) >= 11 is 0. The molecule has 0 spiro atoms. The Bertz CT molecular complexity index is 1120. The number of hydrogen-bond donors (Lipinski definition) is 4. The van der Waals surface area contributed by atoms with Crippen LogP contribution in [0.25, 0.3) is 11.3 Å². The summed E-state index contributed by atoms with van der Waals surface area (Å²) in [5.74, 6) is -0.758. The van der Waals surface area contributed by atoms with Crippen molar-refractivity contribution in [1.82, 2.24) is 19.9 Å². The Kier molecular flexibility index (Phi) is 6.69. The molecule has 2 heterocycles. The number of nitrogen functional groups attached to an aromatic ring is 1. The fraction of sp³-hybridized carbons (Fsp3) is 0.238. The van der Waals surface area contributed by atoms with E-state index in [0.717, 1.165) is 23.2 Å². The number of aryl methyl sites for hydroxylation is 1. The Morgan fingerprint density at radius 3 is 2.61 bits per heavy atom. The number of carboxylic acids is 1. The molecule has 0 aliphatic carbocycles. The molecule has 31 heavy (non-hydrogen) atoms. The van der Waals surface area contributed by atoms with Crippen molar-refractivity contribution in [3.8, 4) is 17.3 Å². The zero-order valence-corrected chi connectivity index (χ0v) is 16.9. The molecule has 3 aromatic rings. The minimum absolute atomic E-state index is 0.0547. The average molecular weight is 418 g/mol. The van der Waals surface area contributed by atoms with Gasteiger partial charge in [0.15, 0.2) is 17.2 Å². The number of anilines is 2. The van der Waals surface area contributed by atoms with Crippen molar-refractivity contribution >= 4 is 17.6 Å². The number of nitrogens with zero attached hydrogens (tertiary/aromatic N) is 5. The molecule has 0 amide bonds. The molecule has 0 fully saturated rings. The molecule has 0 saturated carbocycles. The number of nitriles is 1. The zero-order valence-electron chi connectivity index (χ0n) is 16.9. The molecular weight excluding hydrogens is 396 g/mol. The summed E-state index contributed by atoms with van der Waals surface area (Å²) in [6, 6.07) is 9.40. The summed E-state index contributed by atoms with van der Waals surface area (Å²) in [4.78, 5) is 28.0. The Labute approximate surface area is 179 Å². The molecular formula is C21H22N8O2. The van der Waals surface area contributed by atoms with E-state index in [1.807, 2.05) is 31.2 Å². The SMILES string of the molecule is CC(N)CCc1nc(-c2ccc(CNc3ncc(C#N)nc3C(=O)O)cc2)cnc1N. The largest absolute Gasteiger partial charge is 0.476 e. The van der Waals surface area contributed by atoms with Crippen LogP contribution < -0.4 is 16.8 Å². The maximum Gasteiger partial charge on any atom is 0.358 e. The summed E-state index contributed by atoms with van der Waals surface area (Å²) < 4.78 is 0. The number of carboxylic acid groups (broad SMARTS) is 1. The van der Waals surface area contributed by atoms with Gasteiger partial charge < -0.3 is 21.9 Å². The highest BCUT2D eigenvalue weighted by atomic mass is 16.4. The number of nitrogens with one attached hydrogen (secondary N) is 1. The predicted octanol–water partition coefficient (Wildman–Crippen LogP) is 1.98. The van der Waals surface area contributed by atoms with Crippen LogP contribution in [0.2, 0.25) is 0 Å². The van der Waals surface area contributed by atoms with Crippen LogP contribution >= 0.6 is 0 Å². The lowest BCUT2D eigenvalue weighted by Crippen LogP contribution is -2.16. The number of nitrogens with two attached hydrogens (primary N) is 2. The maximum absolute atomic E-state index is 11.4. The zero-order chi connectivity index (χ0) is 22.4. The second kappa shape index (κ2) is 9.60. The topological polar surface area (TPSA) is 177 Å². The number of rotatable bonds is 8. The van der Waals surface area contributed by atoms with E-state index in [0.29, 0.717) is 24.5 Å². The van der Waals surface area contributed by atoms with E-state index in [9.17, 15) is 9.90 Å². The monoisotopic (exact) mass is 418 g/mol. The van der Waals surface area contributed by atoms with E-state index >= 15 is 0 Å². The number of carbonyl (C=O) groups is 1. The van der Waals surface area contributed by atoms with Gasteiger partial charge in [0, 0.05) is 18.2 Å². The van der Waals surface area contributed by atoms with Gasteiger partial charge in [0.25, 0.3) is 0 Å². The van der Waals surface area contributed by atoms with Gasteiger partial charge in [0.05, 0.1) is 23.8 Å². The highest BCUT2D eigenvalue weighted by Crippen LogP contribution is 2.21. The highest BCUT2D eigenvalue weighted by Gasteiger charge is 2.15. The van der Waals surface area contributed by atoms with E-state index in [-0.39, 0.29) is 23.2 Å². The van der Waals surface area contributed by atoms with Gasteiger partial charge in [-0.25, -0.2) is 24.7 Å². The van der Waals surface area contributed by atoms with Crippen LogP contribution in [-0.2, 0) is 13.0 Å². The van der Waals surface area contributed by atoms with Crippen LogP contribution in [-0.4, -0.2) is 37.1 Å². The van der Waals surface area contributed by atoms with Crippen LogP contribution in [0, 0.1) is 11.3 Å². The first-order valence-electron chi connectivity index (χ1n) is 9.58. The Hall–Kier alpha value is -4.10. The van der Waals surface area contributed by atoms with E-state index in [2.05, 4.69) is 25.3 Å². The van der Waals surface area contributed by atoms with Crippen molar-refractivity contribution in [3.63, 3.8) is 0 Å². The molecule has 1 unspecified atom stereocenters. The van der Waals surface area contributed by atoms with E-state index in [1.165, 1.54) is 6.20 Å². The van der Waals surface area contributed by atoms with Crippen molar-refractivity contribution in [2.75, 3.05) is 11.1 Å². The molecule has 0 radical (unpaired) electrons. The number of benzene rings is 1. The molecule has 10 nitrogen and oxygen atoms in total. The molecule has 3 rings (SSSR count). The highest BCUT2D eigenvalue weighted by molar-refractivity contribution is 5.90. The van der Waals surface area contributed by atoms with Gasteiger partial charge >= 0.3 is 5.97 Å². The first-order chi connectivity index (χ1) is 14.9. The summed E-state index contributed by atoms with van der Waals surface area (Å²) in [5.41, 5.74) is 14.6. The number of hydrogen-bond acceptors (Lipinski definition) is 9. The Balaban J connectivity index is 1.72. The quantitative estimate of drug-likeness (QED) is 0.423. The predicted molar refractivity (Wildman–Crippen MR) is 115 cm³/mol. The van der Waals surface area contributed by atoms with Crippen LogP contribution in [0.15, 0.2) is 36.7 Å². The molecule has 158 valence electrons. The molecule has 0 bridgehead atoms. The standard InChI is InChI=1S/C21H22N8O2/c1-12(23)2-7-16-19(24)25-11-17(29-16)14-5-3-13(4-6-14)9-26-20-18(21(30)31)28-15(8-22)10-27-20/h3-6,10-12H,2,7,9,23H2,1H3,(H2,24,25)(H,26,27)(H,30,31).